The fourth-order valence-electron chi connectivity index (χ4n) is 3.53. The minimum atomic E-state index is 0.270. The van der Waals surface area contributed by atoms with E-state index in [9.17, 15) is 5.26 Å². The molecule has 6 heteroatoms. The highest BCUT2D eigenvalue weighted by Gasteiger charge is 2.28. The lowest BCUT2D eigenvalue weighted by Gasteiger charge is -2.18. The highest BCUT2D eigenvalue weighted by Crippen LogP contribution is 2.42. The number of hydrogen-bond donors (Lipinski definition) is 1. The van der Waals surface area contributed by atoms with Gasteiger partial charge >= 0.3 is 0 Å². The Hall–Kier alpha value is -2.00. The predicted octanol–water partition coefficient (Wildman–Crippen LogP) is 4.53. The molecule has 0 amide bonds. The van der Waals surface area contributed by atoms with E-state index < -0.39 is 0 Å². The van der Waals surface area contributed by atoms with Crippen LogP contribution in [0, 0.1) is 24.2 Å². The van der Waals surface area contributed by atoms with Gasteiger partial charge in [0.2, 0.25) is 0 Å². The average molecular weight is 341 g/mol. The summed E-state index contributed by atoms with van der Waals surface area (Å²) in [6.45, 7) is 4.92. The zero-order chi connectivity index (χ0) is 16.9. The Balaban J connectivity index is 1.89. The van der Waals surface area contributed by atoms with Crippen LogP contribution in [0.4, 0.5) is 5.82 Å². The molecular weight excluding hydrogens is 318 g/mol. The van der Waals surface area contributed by atoms with Gasteiger partial charge < -0.3 is 5.32 Å². The number of aromatic nitrogens is 3. The van der Waals surface area contributed by atoms with Gasteiger partial charge in [-0.15, -0.1) is 11.3 Å². The van der Waals surface area contributed by atoms with Crippen molar-refractivity contribution in [2.75, 3.05) is 11.9 Å². The van der Waals surface area contributed by atoms with Crippen LogP contribution in [0.3, 0.4) is 0 Å². The number of nitriles is 1. The lowest BCUT2D eigenvalue weighted by molar-refractivity contribution is 0.438. The van der Waals surface area contributed by atoms with E-state index in [0.29, 0.717) is 12.3 Å². The summed E-state index contributed by atoms with van der Waals surface area (Å²) in [5.74, 6) is 1.75. The third-order valence-corrected chi connectivity index (χ3v) is 5.92. The summed E-state index contributed by atoms with van der Waals surface area (Å²) in [5.41, 5.74) is 1.99. The lowest BCUT2D eigenvalue weighted by atomic mass is 9.89. The number of hydrogen-bond acceptors (Lipinski definition) is 6. The molecular formula is C18H23N5S. The monoisotopic (exact) mass is 341 g/mol. The molecule has 2 heterocycles. The first-order valence-corrected chi connectivity index (χ1v) is 9.44. The third-order valence-electron chi connectivity index (χ3n) is 4.78. The van der Waals surface area contributed by atoms with Crippen molar-refractivity contribution in [1.82, 2.24) is 15.0 Å². The van der Waals surface area contributed by atoms with Gasteiger partial charge in [0.05, 0.1) is 21.6 Å². The van der Waals surface area contributed by atoms with Crippen LogP contribution in [0.25, 0.3) is 10.6 Å². The van der Waals surface area contributed by atoms with E-state index in [4.69, 9.17) is 0 Å². The van der Waals surface area contributed by atoms with Gasteiger partial charge in [-0.1, -0.05) is 12.8 Å². The zero-order valence-corrected chi connectivity index (χ0v) is 15.1. The van der Waals surface area contributed by atoms with Crippen LogP contribution in [0.2, 0.25) is 0 Å². The van der Waals surface area contributed by atoms with Crippen LogP contribution in [0.15, 0.2) is 12.5 Å². The van der Waals surface area contributed by atoms with Gasteiger partial charge in [-0.3, -0.25) is 0 Å². The summed E-state index contributed by atoms with van der Waals surface area (Å²) >= 11 is 1.68. The third kappa shape index (κ3) is 3.41. The van der Waals surface area contributed by atoms with E-state index >= 15 is 0 Å². The molecule has 5 nitrogen and oxygen atoms in total. The second kappa shape index (κ2) is 7.71. The molecule has 2 aromatic rings. The molecule has 0 aromatic carbocycles. The van der Waals surface area contributed by atoms with Crippen molar-refractivity contribution >= 4 is 17.2 Å². The molecule has 24 heavy (non-hydrogen) atoms. The molecule has 1 saturated carbocycles. The first-order chi connectivity index (χ1) is 11.7. The molecule has 2 aromatic heterocycles. The van der Waals surface area contributed by atoms with Gasteiger partial charge in [0.25, 0.3) is 0 Å². The van der Waals surface area contributed by atoms with Crippen molar-refractivity contribution in [2.24, 2.45) is 5.92 Å². The van der Waals surface area contributed by atoms with Crippen molar-refractivity contribution in [2.45, 2.75) is 51.9 Å². The number of nitrogens with one attached hydrogen (secondary N) is 1. The van der Waals surface area contributed by atoms with E-state index in [-0.39, 0.29) is 5.92 Å². The molecule has 0 unspecified atom stereocenters. The van der Waals surface area contributed by atoms with Crippen LogP contribution in [-0.2, 0) is 0 Å². The maximum atomic E-state index is 9.22. The molecule has 126 valence electrons. The first kappa shape index (κ1) is 16.8. The molecule has 0 aliphatic heterocycles. The van der Waals surface area contributed by atoms with Crippen molar-refractivity contribution < 1.29 is 0 Å². The van der Waals surface area contributed by atoms with E-state index in [0.717, 1.165) is 33.5 Å². The van der Waals surface area contributed by atoms with Gasteiger partial charge in [0.15, 0.2) is 0 Å². The SMILES string of the molecule is CCNc1ncnc(-c2cnc([C@H](CC#N)C3CCCC3)s2)c1C. The van der Waals surface area contributed by atoms with Crippen molar-refractivity contribution in [3.8, 4) is 16.6 Å². The average Bonchev–Trinajstić information content (AvgIpc) is 3.27. The van der Waals surface area contributed by atoms with Gasteiger partial charge in [0.1, 0.15) is 12.1 Å². The van der Waals surface area contributed by atoms with Crippen LogP contribution in [0.1, 0.15) is 55.5 Å². The van der Waals surface area contributed by atoms with Crippen molar-refractivity contribution in [1.29, 1.82) is 5.26 Å². The van der Waals surface area contributed by atoms with Crippen LogP contribution >= 0.6 is 11.3 Å². The summed E-state index contributed by atoms with van der Waals surface area (Å²) in [6.07, 6.45) is 9.07. The van der Waals surface area contributed by atoms with E-state index in [1.807, 2.05) is 13.1 Å². The molecule has 1 aliphatic carbocycles. The summed E-state index contributed by atoms with van der Waals surface area (Å²) in [6, 6.07) is 2.36. The topological polar surface area (TPSA) is 74.5 Å². The van der Waals surface area contributed by atoms with E-state index in [1.54, 1.807) is 17.7 Å². The molecule has 1 N–H and O–H groups in total. The molecule has 1 atom stereocenters. The number of nitrogens with zero attached hydrogens (tertiary/aromatic N) is 4. The van der Waals surface area contributed by atoms with Gasteiger partial charge in [-0.2, -0.15) is 5.26 Å². The largest absolute Gasteiger partial charge is 0.370 e. The Morgan fingerprint density at radius 1 is 1.33 bits per heavy atom. The molecule has 1 fully saturated rings. The van der Waals surface area contributed by atoms with Crippen molar-refractivity contribution in [3.63, 3.8) is 0 Å². The fraction of sp³-hybridized carbons (Fsp3) is 0.556. The van der Waals surface area contributed by atoms with Crippen molar-refractivity contribution in [3.05, 3.63) is 23.1 Å². The number of rotatable bonds is 6. The predicted molar refractivity (Wildman–Crippen MR) is 97.0 cm³/mol. The standard InChI is InChI=1S/C18H23N5S/c1-3-20-17-12(2)16(22-11-23-17)15-10-21-18(24-15)14(8-9-19)13-6-4-5-7-13/h10-11,13-14H,3-8H2,1-2H3,(H,20,22,23)/t14-/m1/s1. The van der Waals surface area contributed by atoms with Gasteiger partial charge in [-0.25, -0.2) is 15.0 Å². The molecule has 1 aliphatic rings. The Morgan fingerprint density at radius 2 is 2.12 bits per heavy atom. The quantitative estimate of drug-likeness (QED) is 0.835. The highest BCUT2D eigenvalue weighted by molar-refractivity contribution is 7.15. The molecule has 0 spiro atoms. The fourth-order valence-corrected chi connectivity index (χ4v) is 4.69. The number of anilines is 1. The van der Waals surface area contributed by atoms with Gasteiger partial charge in [0, 0.05) is 30.6 Å². The Bertz CT molecular complexity index is 727. The highest BCUT2D eigenvalue weighted by atomic mass is 32.1. The van der Waals surface area contributed by atoms with E-state index in [1.165, 1.54) is 25.7 Å². The summed E-state index contributed by atoms with van der Waals surface area (Å²) in [7, 11) is 0. The second-order valence-electron chi connectivity index (χ2n) is 6.30. The molecule has 0 bridgehead atoms. The Morgan fingerprint density at radius 3 is 2.83 bits per heavy atom. The minimum absolute atomic E-state index is 0.270. The van der Waals surface area contributed by atoms with E-state index in [2.05, 4.69) is 33.3 Å². The normalized spacial score (nSPS) is 16.0. The van der Waals surface area contributed by atoms with Gasteiger partial charge in [-0.05, 0) is 32.6 Å². The zero-order valence-electron chi connectivity index (χ0n) is 14.2. The summed E-state index contributed by atoms with van der Waals surface area (Å²) in [5, 5.41) is 13.6. The Labute approximate surface area is 147 Å². The second-order valence-corrected chi connectivity index (χ2v) is 7.36. The first-order valence-electron chi connectivity index (χ1n) is 8.63. The lowest BCUT2D eigenvalue weighted by Crippen LogP contribution is -2.08. The summed E-state index contributed by atoms with van der Waals surface area (Å²) in [4.78, 5) is 14.5. The molecule has 3 rings (SSSR count). The summed E-state index contributed by atoms with van der Waals surface area (Å²) < 4.78 is 0. The molecule has 0 radical (unpaired) electrons. The maximum absolute atomic E-state index is 9.22. The van der Waals surface area contributed by atoms with Crippen LogP contribution < -0.4 is 5.32 Å². The maximum Gasteiger partial charge on any atom is 0.132 e. The number of thiazole rings is 1. The molecule has 0 saturated heterocycles. The Kier molecular flexibility index (Phi) is 5.41. The van der Waals surface area contributed by atoms with Crippen LogP contribution in [-0.4, -0.2) is 21.5 Å². The van der Waals surface area contributed by atoms with Crippen LogP contribution in [0.5, 0.6) is 0 Å². The minimum Gasteiger partial charge on any atom is -0.370 e. The smallest absolute Gasteiger partial charge is 0.132 e.